The maximum atomic E-state index is 11.3. The number of nitrogens with zero attached hydrogens (tertiary/aromatic N) is 3. The lowest BCUT2D eigenvalue weighted by atomic mass is 10.0. The Labute approximate surface area is 149 Å². The molecule has 25 heavy (non-hydrogen) atoms. The molecule has 0 saturated carbocycles. The first kappa shape index (κ1) is 17.4. The molecule has 0 aliphatic carbocycles. The molecule has 132 valence electrons. The zero-order chi connectivity index (χ0) is 17.8. The Morgan fingerprint density at radius 3 is 2.68 bits per heavy atom. The Kier molecular flexibility index (Phi) is 5.34. The van der Waals surface area contributed by atoms with Crippen LogP contribution in [0.3, 0.4) is 0 Å². The predicted molar refractivity (Wildman–Crippen MR) is 100 cm³/mol. The molecule has 1 aromatic carbocycles. The second-order valence-corrected chi connectivity index (χ2v) is 6.91. The van der Waals surface area contributed by atoms with Crippen molar-refractivity contribution in [3.8, 4) is 0 Å². The molecule has 0 saturated heterocycles. The fraction of sp³-hybridized carbons (Fsp3) is 0.400. The van der Waals surface area contributed by atoms with Gasteiger partial charge in [-0.15, -0.1) is 0 Å². The number of carbonyl (C=O) groups is 1. The van der Waals surface area contributed by atoms with Gasteiger partial charge in [0.05, 0.1) is 12.7 Å². The van der Waals surface area contributed by atoms with Gasteiger partial charge in [0.25, 0.3) is 0 Å². The Morgan fingerprint density at radius 2 is 1.96 bits per heavy atom. The van der Waals surface area contributed by atoms with Crippen LogP contribution in [-0.4, -0.2) is 33.7 Å². The molecule has 3 rings (SSSR count). The first-order valence-electron chi connectivity index (χ1n) is 8.76. The molecular formula is C20H26N4O. The first-order chi connectivity index (χ1) is 12.0. The fourth-order valence-electron chi connectivity index (χ4n) is 3.49. The second-order valence-electron chi connectivity index (χ2n) is 6.91. The monoisotopic (exact) mass is 338 g/mol. The molecule has 0 radical (unpaired) electrons. The minimum absolute atomic E-state index is 0.0733. The number of hydrogen-bond donors (Lipinski definition) is 1. The summed E-state index contributed by atoms with van der Waals surface area (Å²) in [5.74, 6) is 0.677. The summed E-state index contributed by atoms with van der Waals surface area (Å²) in [5, 5.41) is 7.17. The van der Waals surface area contributed by atoms with E-state index >= 15 is 0 Å². The van der Waals surface area contributed by atoms with Gasteiger partial charge < -0.3 is 5.32 Å². The van der Waals surface area contributed by atoms with Crippen LogP contribution in [0, 0.1) is 13.8 Å². The average molecular weight is 338 g/mol. The molecule has 5 nitrogen and oxygen atoms in total. The number of nitrogens with one attached hydrogen (secondary N) is 1. The van der Waals surface area contributed by atoms with E-state index in [-0.39, 0.29) is 5.91 Å². The van der Waals surface area contributed by atoms with Gasteiger partial charge in [0, 0.05) is 32.6 Å². The highest BCUT2D eigenvalue weighted by Gasteiger charge is 2.15. The third kappa shape index (κ3) is 4.79. The van der Waals surface area contributed by atoms with Gasteiger partial charge in [0.15, 0.2) is 0 Å². The molecule has 0 unspecified atom stereocenters. The summed E-state index contributed by atoms with van der Waals surface area (Å²) in [6.45, 7) is 9.52. The average Bonchev–Trinajstić information content (AvgIpc) is 2.92. The highest BCUT2D eigenvalue weighted by molar-refractivity contribution is 5.87. The van der Waals surface area contributed by atoms with Gasteiger partial charge in [-0.25, -0.2) is 4.68 Å². The van der Waals surface area contributed by atoms with E-state index in [2.05, 4.69) is 53.4 Å². The Bertz CT molecular complexity index is 770. The molecule has 2 heterocycles. The number of rotatable bonds is 5. The fourth-order valence-corrected chi connectivity index (χ4v) is 3.49. The van der Waals surface area contributed by atoms with E-state index in [0.29, 0.717) is 6.54 Å². The van der Waals surface area contributed by atoms with Gasteiger partial charge in [-0.2, -0.15) is 5.10 Å². The first-order valence-corrected chi connectivity index (χ1v) is 8.76. The summed E-state index contributed by atoms with van der Waals surface area (Å²) in [6, 6.07) is 8.59. The summed E-state index contributed by atoms with van der Waals surface area (Å²) in [4.78, 5) is 13.8. The quantitative estimate of drug-likeness (QED) is 0.851. The van der Waals surface area contributed by atoms with Gasteiger partial charge in [0.1, 0.15) is 5.82 Å². The minimum Gasteiger partial charge on any atom is -0.311 e. The lowest BCUT2D eigenvalue weighted by Crippen LogP contribution is -2.31. The van der Waals surface area contributed by atoms with Crippen LogP contribution in [0.15, 0.2) is 42.1 Å². The molecule has 0 bridgehead atoms. The number of benzene rings is 1. The Balaban J connectivity index is 1.64. The van der Waals surface area contributed by atoms with Crippen molar-refractivity contribution < 1.29 is 4.79 Å². The number of carbonyl (C=O) groups excluding carboxylic acids is 1. The number of aromatic nitrogens is 2. The molecule has 1 N–H and O–H groups in total. The maximum Gasteiger partial charge on any atom is 0.222 e. The third-order valence-electron chi connectivity index (χ3n) is 4.37. The van der Waals surface area contributed by atoms with Gasteiger partial charge in [0.2, 0.25) is 5.91 Å². The normalized spacial score (nSPS) is 15.1. The van der Waals surface area contributed by atoms with Crippen LogP contribution < -0.4 is 5.32 Å². The van der Waals surface area contributed by atoms with Crippen molar-refractivity contribution in [1.82, 2.24) is 14.7 Å². The third-order valence-corrected chi connectivity index (χ3v) is 4.37. The van der Waals surface area contributed by atoms with Crippen molar-refractivity contribution in [1.29, 1.82) is 0 Å². The van der Waals surface area contributed by atoms with E-state index in [9.17, 15) is 4.79 Å². The molecule has 1 aromatic heterocycles. The van der Waals surface area contributed by atoms with Crippen LogP contribution in [0.5, 0.6) is 0 Å². The highest BCUT2D eigenvalue weighted by atomic mass is 16.1. The van der Waals surface area contributed by atoms with Crippen LogP contribution in [0.25, 0.3) is 0 Å². The van der Waals surface area contributed by atoms with E-state index in [4.69, 9.17) is 0 Å². The van der Waals surface area contributed by atoms with Crippen molar-refractivity contribution in [2.75, 3.05) is 18.4 Å². The van der Waals surface area contributed by atoms with Crippen LogP contribution >= 0.6 is 0 Å². The molecular weight excluding hydrogens is 312 g/mol. The molecule has 5 heteroatoms. The minimum atomic E-state index is -0.0733. The smallest absolute Gasteiger partial charge is 0.222 e. The summed E-state index contributed by atoms with van der Waals surface area (Å²) in [5.41, 5.74) is 5.35. The standard InChI is InChI=1S/C20H26N4O/c1-15-9-16(2)11-19(10-15)13-23-8-4-5-18(12-23)14-24-20(6-7-21-24)22-17(3)25/h5-7,9-11H,4,8,12-14H2,1-3H3,(H,22,25). The molecule has 0 fully saturated rings. The second kappa shape index (κ2) is 7.66. The van der Waals surface area contributed by atoms with Crippen LogP contribution in [0.4, 0.5) is 5.82 Å². The van der Waals surface area contributed by atoms with Crippen LogP contribution in [0.2, 0.25) is 0 Å². The largest absolute Gasteiger partial charge is 0.311 e. The van der Waals surface area contributed by atoms with Crippen molar-refractivity contribution in [2.45, 2.75) is 40.3 Å². The van der Waals surface area contributed by atoms with E-state index in [1.165, 1.54) is 29.2 Å². The zero-order valence-corrected chi connectivity index (χ0v) is 15.2. The summed E-state index contributed by atoms with van der Waals surface area (Å²) in [7, 11) is 0. The number of aryl methyl sites for hydroxylation is 2. The number of hydrogen-bond acceptors (Lipinski definition) is 3. The van der Waals surface area contributed by atoms with Gasteiger partial charge in [-0.3, -0.25) is 9.69 Å². The van der Waals surface area contributed by atoms with Crippen molar-refractivity contribution in [2.24, 2.45) is 0 Å². The lowest BCUT2D eigenvalue weighted by Gasteiger charge is -2.28. The highest BCUT2D eigenvalue weighted by Crippen LogP contribution is 2.18. The predicted octanol–water partition coefficient (Wildman–Crippen LogP) is 3.29. The summed E-state index contributed by atoms with van der Waals surface area (Å²) >= 11 is 0. The summed E-state index contributed by atoms with van der Waals surface area (Å²) < 4.78 is 1.85. The SMILES string of the molecule is CC(=O)Nc1ccnn1CC1=CCCN(Cc2cc(C)cc(C)c2)C1. The van der Waals surface area contributed by atoms with E-state index in [1.54, 1.807) is 6.20 Å². The van der Waals surface area contributed by atoms with Crippen molar-refractivity contribution in [3.63, 3.8) is 0 Å². The van der Waals surface area contributed by atoms with Crippen molar-refractivity contribution >= 4 is 11.7 Å². The molecule has 0 spiro atoms. The molecule has 1 aliphatic rings. The van der Waals surface area contributed by atoms with Gasteiger partial charge >= 0.3 is 0 Å². The molecule has 1 amide bonds. The van der Waals surface area contributed by atoms with Crippen LogP contribution in [0.1, 0.15) is 30.0 Å². The Hall–Kier alpha value is -2.40. The zero-order valence-electron chi connectivity index (χ0n) is 15.2. The molecule has 1 aliphatic heterocycles. The number of amides is 1. The lowest BCUT2D eigenvalue weighted by molar-refractivity contribution is -0.114. The number of anilines is 1. The van der Waals surface area contributed by atoms with Gasteiger partial charge in [-0.1, -0.05) is 35.4 Å². The van der Waals surface area contributed by atoms with Crippen molar-refractivity contribution in [3.05, 3.63) is 58.8 Å². The Morgan fingerprint density at radius 1 is 1.20 bits per heavy atom. The van der Waals surface area contributed by atoms with Crippen LogP contribution in [-0.2, 0) is 17.9 Å². The maximum absolute atomic E-state index is 11.3. The molecule has 2 aromatic rings. The summed E-state index contributed by atoms with van der Waals surface area (Å²) in [6.07, 6.45) is 5.08. The van der Waals surface area contributed by atoms with E-state index in [0.717, 1.165) is 31.9 Å². The topological polar surface area (TPSA) is 50.2 Å². The van der Waals surface area contributed by atoms with E-state index in [1.807, 2.05) is 10.7 Å². The van der Waals surface area contributed by atoms with Gasteiger partial charge in [-0.05, 0) is 31.4 Å². The molecule has 0 atom stereocenters. The van der Waals surface area contributed by atoms with E-state index < -0.39 is 0 Å².